The molecule has 106 valence electrons. The Labute approximate surface area is 113 Å². The van der Waals surface area contributed by atoms with Crippen molar-refractivity contribution < 1.29 is 19.4 Å². The Morgan fingerprint density at radius 3 is 2.42 bits per heavy atom. The van der Waals surface area contributed by atoms with Crippen LogP contribution in [0.25, 0.3) is 0 Å². The first-order chi connectivity index (χ1) is 8.79. The molecule has 4 heteroatoms. The third-order valence-corrected chi connectivity index (χ3v) is 5.03. The minimum atomic E-state index is -0.731. The molecule has 4 saturated carbocycles. The minimum Gasteiger partial charge on any atom is -0.455 e. The quantitative estimate of drug-likeness (QED) is 0.626. The van der Waals surface area contributed by atoms with Crippen LogP contribution < -0.4 is 0 Å². The zero-order chi connectivity index (χ0) is 13.9. The van der Waals surface area contributed by atoms with Crippen molar-refractivity contribution in [2.24, 2.45) is 5.92 Å². The molecule has 0 heterocycles. The molecule has 4 unspecified atom stereocenters. The Bertz CT molecular complexity index is 445. The molecular weight excluding hydrogens is 244 g/mol. The van der Waals surface area contributed by atoms with Crippen LogP contribution in [0.1, 0.15) is 45.4 Å². The number of hydrogen-bond donors (Lipinski definition) is 1. The summed E-state index contributed by atoms with van der Waals surface area (Å²) in [5.41, 5.74) is -1.19. The smallest absolute Gasteiger partial charge is 0.333 e. The van der Waals surface area contributed by atoms with Gasteiger partial charge in [-0.1, -0.05) is 6.58 Å². The summed E-state index contributed by atoms with van der Waals surface area (Å²) in [4.78, 5) is 11.9. The second-order valence-electron chi connectivity index (χ2n) is 6.97. The van der Waals surface area contributed by atoms with E-state index in [2.05, 4.69) is 6.58 Å². The molecule has 0 radical (unpaired) electrons. The van der Waals surface area contributed by atoms with Gasteiger partial charge in [-0.3, -0.25) is 0 Å². The van der Waals surface area contributed by atoms with Crippen LogP contribution in [0.3, 0.4) is 0 Å². The molecule has 4 nitrogen and oxygen atoms in total. The van der Waals surface area contributed by atoms with Crippen LogP contribution in [0.4, 0.5) is 0 Å². The first kappa shape index (κ1) is 13.1. The molecule has 4 aliphatic rings. The Morgan fingerprint density at radius 2 is 1.84 bits per heavy atom. The van der Waals surface area contributed by atoms with Crippen molar-refractivity contribution in [3.63, 3.8) is 0 Å². The highest BCUT2D eigenvalue weighted by Crippen LogP contribution is 2.61. The van der Waals surface area contributed by atoms with Gasteiger partial charge < -0.3 is 14.6 Å². The van der Waals surface area contributed by atoms with Gasteiger partial charge in [-0.15, -0.1) is 0 Å². The molecule has 4 aliphatic carbocycles. The van der Waals surface area contributed by atoms with Gasteiger partial charge in [0, 0.05) is 31.9 Å². The molecule has 19 heavy (non-hydrogen) atoms. The van der Waals surface area contributed by atoms with E-state index in [1.54, 1.807) is 14.0 Å². The van der Waals surface area contributed by atoms with Gasteiger partial charge >= 0.3 is 5.97 Å². The molecule has 4 bridgehead atoms. The number of aliphatic hydroxyl groups is 1. The molecule has 4 rings (SSSR count). The molecular formula is C15H22O4. The Hall–Kier alpha value is -0.870. The molecule has 1 N–H and O–H groups in total. The summed E-state index contributed by atoms with van der Waals surface area (Å²) in [5.74, 6) is 0.0379. The SMILES string of the molecule is C=C(C)C(=O)OC12CC3CC(O)(CC(OC)(C3)C1)C2. The van der Waals surface area contributed by atoms with Crippen molar-refractivity contribution in [1.82, 2.24) is 0 Å². The zero-order valence-electron chi connectivity index (χ0n) is 11.7. The van der Waals surface area contributed by atoms with Crippen molar-refractivity contribution in [2.45, 2.75) is 62.3 Å². The first-order valence-corrected chi connectivity index (χ1v) is 6.96. The van der Waals surface area contributed by atoms with E-state index in [1.807, 2.05) is 0 Å². The van der Waals surface area contributed by atoms with Crippen molar-refractivity contribution in [3.8, 4) is 0 Å². The van der Waals surface area contributed by atoms with E-state index in [9.17, 15) is 9.90 Å². The van der Waals surface area contributed by atoms with Crippen molar-refractivity contribution >= 4 is 5.97 Å². The Morgan fingerprint density at radius 1 is 1.21 bits per heavy atom. The van der Waals surface area contributed by atoms with Crippen molar-refractivity contribution in [1.29, 1.82) is 0 Å². The number of esters is 1. The van der Waals surface area contributed by atoms with Gasteiger partial charge in [0.15, 0.2) is 0 Å². The average molecular weight is 266 g/mol. The highest BCUT2D eigenvalue weighted by molar-refractivity contribution is 5.87. The predicted molar refractivity (Wildman–Crippen MR) is 69.5 cm³/mol. The Balaban J connectivity index is 1.90. The fraction of sp³-hybridized carbons (Fsp3) is 0.800. The molecule has 0 aromatic rings. The highest BCUT2D eigenvalue weighted by Gasteiger charge is 2.65. The van der Waals surface area contributed by atoms with Crippen LogP contribution in [0.5, 0.6) is 0 Å². The lowest BCUT2D eigenvalue weighted by molar-refractivity contribution is -0.266. The molecule has 0 aliphatic heterocycles. The number of ether oxygens (including phenoxy) is 2. The first-order valence-electron chi connectivity index (χ1n) is 6.96. The number of methoxy groups -OCH3 is 1. The second kappa shape index (κ2) is 3.83. The fourth-order valence-electron chi connectivity index (χ4n) is 4.84. The molecule has 4 atom stereocenters. The van der Waals surface area contributed by atoms with Gasteiger partial charge in [0.2, 0.25) is 0 Å². The lowest BCUT2D eigenvalue weighted by Crippen LogP contribution is -2.67. The van der Waals surface area contributed by atoms with Gasteiger partial charge in [-0.25, -0.2) is 4.79 Å². The maximum atomic E-state index is 11.9. The van der Waals surface area contributed by atoms with Crippen LogP contribution in [0, 0.1) is 5.92 Å². The summed E-state index contributed by atoms with van der Waals surface area (Å²) >= 11 is 0. The van der Waals surface area contributed by atoms with E-state index in [-0.39, 0.29) is 11.6 Å². The van der Waals surface area contributed by atoms with Crippen molar-refractivity contribution in [2.75, 3.05) is 7.11 Å². The highest BCUT2D eigenvalue weighted by atomic mass is 16.6. The van der Waals surface area contributed by atoms with Crippen LogP contribution in [-0.2, 0) is 14.3 Å². The van der Waals surface area contributed by atoms with E-state index >= 15 is 0 Å². The maximum Gasteiger partial charge on any atom is 0.333 e. The van der Waals surface area contributed by atoms with Gasteiger partial charge in [0.25, 0.3) is 0 Å². The summed E-state index contributed by atoms with van der Waals surface area (Å²) in [6.45, 7) is 5.30. The van der Waals surface area contributed by atoms with Crippen LogP contribution in [0.15, 0.2) is 12.2 Å². The number of rotatable bonds is 3. The van der Waals surface area contributed by atoms with Gasteiger partial charge in [0.05, 0.1) is 11.2 Å². The van der Waals surface area contributed by atoms with Crippen LogP contribution >= 0.6 is 0 Å². The standard InChI is InChI=1S/C15H22O4/c1-10(2)12(16)19-15-6-11-4-13(17,8-15)7-14(5-11,9-15)18-3/h11,17H,1,4-9H2,2-3H3. The molecule has 0 amide bonds. The third kappa shape index (κ3) is 2.01. The number of carbonyl (C=O) groups excluding carboxylic acids is 1. The number of hydrogen-bond acceptors (Lipinski definition) is 4. The van der Waals surface area contributed by atoms with Crippen LogP contribution in [-0.4, -0.2) is 35.0 Å². The van der Waals surface area contributed by atoms with Gasteiger partial charge in [0.1, 0.15) is 5.60 Å². The largest absolute Gasteiger partial charge is 0.455 e. The molecule has 0 spiro atoms. The minimum absolute atomic E-state index is 0.316. The lowest BCUT2D eigenvalue weighted by atomic mass is 9.50. The number of carbonyl (C=O) groups is 1. The normalized spacial score (nSPS) is 47.2. The van der Waals surface area contributed by atoms with E-state index < -0.39 is 11.2 Å². The fourth-order valence-corrected chi connectivity index (χ4v) is 4.84. The van der Waals surface area contributed by atoms with Crippen molar-refractivity contribution in [3.05, 3.63) is 12.2 Å². The topological polar surface area (TPSA) is 55.8 Å². The monoisotopic (exact) mass is 266 g/mol. The van der Waals surface area contributed by atoms with Gasteiger partial charge in [-0.2, -0.15) is 0 Å². The van der Waals surface area contributed by atoms with E-state index in [0.29, 0.717) is 30.8 Å². The summed E-state index contributed by atoms with van der Waals surface area (Å²) in [7, 11) is 1.70. The molecule has 4 fully saturated rings. The third-order valence-electron chi connectivity index (χ3n) is 5.03. The average Bonchev–Trinajstić information content (AvgIpc) is 2.24. The molecule has 0 saturated heterocycles. The van der Waals surface area contributed by atoms with E-state index in [4.69, 9.17) is 9.47 Å². The summed E-state index contributed by atoms with van der Waals surface area (Å²) < 4.78 is 11.4. The molecule has 0 aromatic carbocycles. The summed E-state index contributed by atoms with van der Waals surface area (Å²) in [6, 6.07) is 0. The maximum absolute atomic E-state index is 11.9. The second-order valence-corrected chi connectivity index (χ2v) is 6.97. The van der Waals surface area contributed by atoms with E-state index in [0.717, 1.165) is 19.3 Å². The van der Waals surface area contributed by atoms with Gasteiger partial charge in [-0.05, 0) is 32.1 Å². The van der Waals surface area contributed by atoms with Crippen LogP contribution in [0.2, 0.25) is 0 Å². The van der Waals surface area contributed by atoms with E-state index in [1.165, 1.54) is 0 Å². The Kier molecular flexibility index (Phi) is 2.64. The summed E-state index contributed by atoms with van der Waals surface area (Å²) in [5, 5.41) is 10.7. The molecule has 0 aromatic heterocycles. The summed E-state index contributed by atoms with van der Waals surface area (Å²) in [6.07, 6.45) is 4.54. The lowest BCUT2D eigenvalue weighted by Gasteiger charge is -2.63. The zero-order valence-corrected chi connectivity index (χ0v) is 11.7. The predicted octanol–water partition coefficient (Wildman–Crippen LogP) is 1.96.